The fourth-order valence-electron chi connectivity index (χ4n) is 1.99. The number of nitrogens with one attached hydrogen (secondary N) is 2. The zero-order valence-corrected chi connectivity index (χ0v) is 12.1. The maximum absolute atomic E-state index is 11.8. The van der Waals surface area contributed by atoms with Gasteiger partial charge in [-0.1, -0.05) is 18.2 Å². The van der Waals surface area contributed by atoms with Crippen molar-refractivity contribution in [2.45, 2.75) is 13.1 Å². The molecule has 0 bridgehead atoms. The molecule has 0 aliphatic carbocycles. The quantitative estimate of drug-likeness (QED) is 0.827. The second-order valence-corrected chi connectivity index (χ2v) is 4.70. The van der Waals surface area contributed by atoms with Gasteiger partial charge in [0.25, 0.3) is 0 Å². The fraction of sp³-hybridized carbons (Fsp3) is 0.357. The van der Waals surface area contributed by atoms with Gasteiger partial charge in [0.15, 0.2) is 0 Å². The fourth-order valence-corrected chi connectivity index (χ4v) is 1.99. The molecule has 19 heavy (non-hydrogen) atoms. The van der Waals surface area contributed by atoms with Gasteiger partial charge in [0.1, 0.15) is 0 Å². The lowest BCUT2D eigenvalue weighted by atomic mass is 10.1. The van der Waals surface area contributed by atoms with Crippen LogP contribution in [0, 0.1) is 0 Å². The third kappa shape index (κ3) is 4.35. The minimum atomic E-state index is -0.0721. The highest BCUT2D eigenvalue weighted by molar-refractivity contribution is 5.99. The van der Waals surface area contributed by atoms with E-state index >= 15 is 0 Å². The van der Waals surface area contributed by atoms with Gasteiger partial charge in [0, 0.05) is 31.4 Å². The summed E-state index contributed by atoms with van der Waals surface area (Å²) in [5.74, 6) is -0.0721. The number of halogens is 1. The lowest BCUT2D eigenvalue weighted by Gasteiger charge is -2.08. The number of hydrogen-bond acceptors (Lipinski definition) is 3. The van der Waals surface area contributed by atoms with Crippen molar-refractivity contribution in [3.8, 4) is 0 Å². The third-order valence-corrected chi connectivity index (χ3v) is 2.89. The van der Waals surface area contributed by atoms with Crippen molar-refractivity contribution in [1.29, 1.82) is 0 Å². The predicted octanol–water partition coefficient (Wildman–Crippen LogP) is 1.77. The van der Waals surface area contributed by atoms with Crippen molar-refractivity contribution >= 4 is 24.0 Å². The number of likely N-dealkylation sites (N-methyl/N-ethyl adjacent to an activating group) is 1. The Morgan fingerprint density at radius 1 is 1.42 bits per heavy atom. The van der Waals surface area contributed by atoms with Gasteiger partial charge in [-0.2, -0.15) is 0 Å². The van der Waals surface area contributed by atoms with Crippen molar-refractivity contribution in [3.05, 3.63) is 41.5 Å². The summed E-state index contributed by atoms with van der Waals surface area (Å²) >= 11 is 0. The summed E-state index contributed by atoms with van der Waals surface area (Å²) in [6.07, 6.45) is 3.44. The first-order chi connectivity index (χ1) is 8.66. The molecule has 0 radical (unpaired) electrons. The first-order valence-corrected chi connectivity index (χ1v) is 6.10. The molecule has 0 saturated heterocycles. The van der Waals surface area contributed by atoms with Crippen LogP contribution in [0.15, 0.2) is 30.4 Å². The van der Waals surface area contributed by atoms with E-state index in [4.69, 9.17) is 0 Å². The van der Waals surface area contributed by atoms with E-state index in [0.29, 0.717) is 0 Å². The molecule has 0 unspecified atom stereocenters. The highest BCUT2D eigenvalue weighted by Crippen LogP contribution is 2.23. The molecule has 1 aliphatic heterocycles. The molecule has 4 nitrogen and oxygen atoms in total. The van der Waals surface area contributed by atoms with Crippen LogP contribution in [-0.2, 0) is 17.9 Å². The molecule has 0 atom stereocenters. The van der Waals surface area contributed by atoms with Crippen LogP contribution in [0.4, 0.5) is 5.69 Å². The zero-order chi connectivity index (χ0) is 13.0. The van der Waals surface area contributed by atoms with Crippen LogP contribution < -0.4 is 10.6 Å². The lowest BCUT2D eigenvalue weighted by Crippen LogP contribution is -2.13. The summed E-state index contributed by atoms with van der Waals surface area (Å²) in [6, 6.07) is 6.02. The summed E-state index contributed by atoms with van der Waals surface area (Å²) < 4.78 is 0. The van der Waals surface area contributed by atoms with E-state index in [1.807, 2.05) is 37.2 Å². The Morgan fingerprint density at radius 3 is 2.95 bits per heavy atom. The molecule has 0 fully saturated rings. The number of benzene rings is 1. The molecule has 1 aromatic rings. The van der Waals surface area contributed by atoms with Crippen molar-refractivity contribution in [1.82, 2.24) is 10.2 Å². The number of anilines is 1. The molecular weight excluding hydrogens is 262 g/mol. The van der Waals surface area contributed by atoms with Crippen LogP contribution in [0.25, 0.3) is 0 Å². The Hall–Kier alpha value is -1.36. The highest BCUT2D eigenvalue weighted by atomic mass is 35.5. The van der Waals surface area contributed by atoms with Crippen molar-refractivity contribution < 1.29 is 4.79 Å². The van der Waals surface area contributed by atoms with E-state index < -0.39 is 0 Å². The molecule has 5 heteroatoms. The molecular formula is C14H20ClN3O. The molecule has 1 amide bonds. The van der Waals surface area contributed by atoms with Crippen LogP contribution in [0.2, 0.25) is 0 Å². The zero-order valence-electron chi connectivity index (χ0n) is 11.3. The molecule has 1 aliphatic rings. The molecule has 0 spiro atoms. The molecule has 104 valence electrons. The van der Waals surface area contributed by atoms with Gasteiger partial charge in [-0.25, -0.2) is 0 Å². The maximum Gasteiger partial charge on any atom is 0.248 e. The SMILES string of the molecule is CN(C)C/C=C/C(=O)Nc1cccc2c1CNC2.Cl. The van der Waals surface area contributed by atoms with Gasteiger partial charge >= 0.3 is 0 Å². The average Bonchev–Trinajstić information content (AvgIpc) is 2.77. The van der Waals surface area contributed by atoms with Crippen molar-refractivity contribution in [3.63, 3.8) is 0 Å². The van der Waals surface area contributed by atoms with Crippen LogP contribution in [0.3, 0.4) is 0 Å². The minimum Gasteiger partial charge on any atom is -0.322 e. The van der Waals surface area contributed by atoms with E-state index in [-0.39, 0.29) is 18.3 Å². The Morgan fingerprint density at radius 2 is 2.21 bits per heavy atom. The molecule has 2 rings (SSSR count). The summed E-state index contributed by atoms with van der Waals surface area (Å²) in [5.41, 5.74) is 3.38. The number of amides is 1. The largest absolute Gasteiger partial charge is 0.322 e. The first-order valence-electron chi connectivity index (χ1n) is 6.10. The van der Waals surface area contributed by atoms with Crippen LogP contribution in [0.5, 0.6) is 0 Å². The Balaban J connectivity index is 0.00000180. The monoisotopic (exact) mass is 281 g/mol. The average molecular weight is 282 g/mol. The smallest absolute Gasteiger partial charge is 0.248 e. The van der Waals surface area contributed by atoms with E-state index in [0.717, 1.165) is 25.3 Å². The van der Waals surface area contributed by atoms with Crippen LogP contribution >= 0.6 is 12.4 Å². The Kier molecular flexibility index (Phi) is 6.02. The summed E-state index contributed by atoms with van der Waals surface area (Å²) in [4.78, 5) is 13.8. The number of rotatable bonds is 4. The standard InChI is InChI=1S/C14H19N3O.ClH/c1-17(2)8-4-7-14(18)16-13-6-3-5-11-9-15-10-12(11)13;/h3-7,15H,8-10H2,1-2H3,(H,16,18);1H/b7-4+;. The lowest BCUT2D eigenvalue weighted by molar-refractivity contribution is -0.111. The molecule has 2 N–H and O–H groups in total. The van der Waals surface area contributed by atoms with Gasteiger partial charge in [-0.05, 0) is 31.3 Å². The van der Waals surface area contributed by atoms with Gasteiger partial charge in [-0.15, -0.1) is 12.4 Å². The van der Waals surface area contributed by atoms with Crippen molar-refractivity contribution in [2.75, 3.05) is 26.0 Å². The topological polar surface area (TPSA) is 44.4 Å². The van der Waals surface area contributed by atoms with Crippen LogP contribution in [0.1, 0.15) is 11.1 Å². The van der Waals surface area contributed by atoms with E-state index in [9.17, 15) is 4.79 Å². The van der Waals surface area contributed by atoms with E-state index in [1.165, 1.54) is 11.1 Å². The number of carbonyl (C=O) groups is 1. The molecule has 0 saturated carbocycles. The van der Waals surface area contributed by atoms with Gasteiger partial charge in [-0.3, -0.25) is 4.79 Å². The number of hydrogen-bond donors (Lipinski definition) is 2. The number of carbonyl (C=O) groups excluding carboxylic acids is 1. The summed E-state index contributed by atoms with van der Waals surface area (Å²) in [6.45, 7) is 2.48. The Labute approximate surface area is 120 Å². The van der Waals surface area contributed by atoms with Crippen molar-refractivity contribution in [2.24, 2.45) is 0 Å². The second kappa shape index (κ2) is 7.28. The van der Waals surface area contributed by atoms with E-state index in [1.54, 1.807) is 6.08 Å². The number of fused-ring (bicyclic) bond motifs is 1. The molecule has 0 aromatic heterocycles. The van der Waals surface area contributed by atoms with E-state index in [2.05, 4.69) is 16.7 Å². The highest BCUT2D eigenvalue weighted by Gasteiger charge is 2.14. The Bertz CT molecular complexity index is 472. The normalized spacial score (nSPS) is 13.4. The molecule has 1 heterocycles. The summed E-state index contributed by atoms with van der Waals surface area (Å²) in [7, 11) is 3.94. The van der Waals surface area contributed by atoms with Crippen LogP contribution in [-0.4, -0.2) is 31.4 Å². The first kappa shape index (κ1) is 15.7. The molecule has 1 aromatic carbocycles. The minimum absolute atomic E-state index is 0. The van der Waals surface area contributed by atoms with Gasteiger partial charge in [0.05, 0.1) is 0 Å². The third-order valence-electron chi connectivity index (χ3n) is 2.89. The maximum atomic E-state index is 11.8. The predicted molar refractivity (Wildman–Crippen MR) is 80.6 cm³/mol. The summed E-state index contributed by atoms with van der Waals surface area (Å²) in [5, 5.41) is 6.22. The van der Waals surface area contributed by atoms with Gasteiger partial charge in [0.2, 0.25) is 5.91 Å². The second-order valence-electron chi connectivity index (χ2n) is 4.70. The number of nitrogens with zero attached hydrogens (tertiary/aromatic N) is 1. The van der Waals surface area contributed by atoms with Gasteiger partial charge < -0.3 is 15.5 Å².